The van der Waals surface area contributed by atoms with Gasteiger partial charge in [0.2, 0.25) is 0 Å². The summed E-state index contributed by atoms with van der Waals surface area (Å²) >= 11 is 0. The van der Waals surface area contributed by atoms with Crippen LogP contribution in [0.3, 0.4) is 0 Å². The SMILES string of the molecule is COc1ccc(C(=O)c2cccc(C)c2)cc1N. The molecule has 2 N–H and O–H groups in total. The van der Waals surface area contributed by atoms with Crippen LogP contribution in [0.25, 0.3) is 0 Å². The van der Waals surface area contributed by atoms with E-state index in [1.54, 1.807) is 31.4 Å². The first-order chi connectivity index (χ1) is 8.61. The highest BCUT2D eigenvalue weighted by molar-refractivity contribution is 6.09. The van der Waals surface area contributed by atoms with E-state index in [9.17, 15) is 4.79 Å². The lowest BCUT2D eigenvalue weighted by atomic mass is 10.0. The maximum absolute atomic E-state index is 12.3. The van der Waals surface area contributed by atoms with Crippen LogP contribution in [0.1, 0.15) is 21.5 Å². The molecule has 2 aromatic carbocycles. The van der Waals surface area contributed by atoms with Crippen LogP contribution in [0.15, 0.2) is 42.5 Å². The van der Waals surface area contributed by atoms with Crippen LogP contribution in [-0.4, -0.2) is 12.9 Å². The molecule has 0 fully saturated rings. The fourth-order valence-corrected chi connectivity index (χ4v) is 1.83. The summed E-state index contributed by atoms with van der Waals surface area (Å²) in [5.74, 6) is 0.545. The standard InChI is InChI=1S/C15H15NO2/c1-10-4-3-5-11(8-10)15(17)12-6-7-14(18-2)13(16)9-12/h3-9H,16H2,1-2H3. The molecule has 0 amide bonds. The Hall–Kier alpha value is -2.29. The van der Waals surface area contributed by atoms with E-state index in [4.69, 9.17) is 10.5 Å². The Bertz CT molecular complexity index is 591. The third kappa shape index (κ3) is 2.35. The van der Waals surface area contributed by atoms with Crippen molar-refractivity contribution < 1.29 is 9.53 Å². The average Bonchev–Trinajstić information content (AvgIpc) is 2.37. The average molecular weight is 241 g/mol. The Morgan fingerprint density at radius 2 is 1.83 bits per heavy atom. The molecule has 0 spiro atoms. The van der Waals surface area contributed by atoms with Gasteiger partial charge in [0.25, 0.3) is 0 Å². The monoisotopic (exact) mass is 241 g/mol. The normalized spacial score (nSPS) is 10.1. The Labute approximate surface area is 106 Å². The highest BCUT2D eigenvalue weighted by Gasteiger charge is 2.11. The second-order valence-corrected chi connectivity index (χ2v) is 4.16. The van der Waals surface area contributed by atoms with Crippen LogP contribution >= 0.6 is 0 Å². The minimum atomic E-state index is -0.0342. The van der Waals surface area contributed by atoms with Crippen molar-refractivity contribution >= 4 is 11.5 Å². The maximum Gasteiger partial charge on any atom is 0.193 e. The highest BCUT2D eigenvalue weighted by Crippen LogP contribution is 2.23. The van der Waals surface area contributed by atoms with Gasteiger partial charge in [0.05, 0.1) is 12.8 Å². The van der Waals surface area contributed by atoms with Gasteiger partial charge >= 0.3 is 0 Å². The van der Waals surface area contributed by atoms with Gasteiger partial charge in [-0.05, 0) is 31.2 Å². The lowest BCUT2D eigenvalue weighted by Crippen LogP contribution is -2.03. The fraction of sp³-hybridized carbons (Fsp3) is 0.133. The Balaban J connectivity index is 2.37. The number of carbonyl (C=O) groups is 1. The molecule has 0 aliphatic carbocycles. The van der Waals surface area contributed by atoms with Crippen molar-refractivity contribution in [2.75, 3.05) is 12.8 Å². The minimum absolute atomic E-state index is 0.0342. The maximum atomic E-state index is 12.3. The topological polar surface area (TPSA) is 52.3 Å². The van der Waals surface area contributed by atoms with Crippen molar-refractivity contribution in [2.45, 2.75) is 6.92 Å². The van der Waals surface area contributed by atoms with Crippen LogP contribution < -0.4 is 10.5 Å². The molecule has 3 heteroatoms. The molecule has 92 valence electrons. The quantitative estimate of drug-likeness (QED) is 0.664. The summed E-state index contributed by atoms with van der Waals surface area (Å²) in [6.07, 6.45) is 0. The van der Waals surface area contributed by atoms with E-state index in [2.05, 4.69) is 0 Å². The number of rotatable bonds is 3. The number of ketones is 1. The summed E-state index contributed by atoms with van der Waals surface area (Å²) in [4.78, 5) is 12.3. The van der Waals surface area contributed by atoms with E-state index in [1.165, 1.54) is 0 Å². The van der Waals surface area contributed by atoms with Crippen LogP contribution in [0.4, 0.5) is 5.69 Å². The number of hydrogen-bond acceptors (Lipinski definition) is 3. The molecule has 0 atom stereocenters. The largest absolute Gasteiger partial charge is 0.495 e. The van der Waals surface area contributed by atoms with E-state index in [0.717, 1.165) is 5.56 Å². The zero-order chi connectivity index (χ0) is 13.1. The van der Waals surface area contributed by atoms with Gasteiger partial charge in [-0.2, -0.15) is 0 Å². The van der Waals surface area contributed by atoms with Gasteiger partial charge in [-0.25, -0.2) is 0 Å². The molecule has 2 aromatic rings. The number of hydrogen-bond donors (Lipinski definition) is 1. The Morgan fingerprint density at radius 1 is 1.11 bits per heavy atom. The van der Waals surface area contributed by atoms with E-state index >= 15 is 0 Å². The van der Waals surface area contributed by atoms with Crippen LogP contribution in [0.5, 0.6) is 5.75 Å². The highest BCUT2D eigenvalue weighted by atomic mass is 16.5. The predicted octanol–water partition coefficient (Wildman–Crippen LogP) is 2.82. The molecule has 3 nitrogen and oxygen atoms in total. The lowest BCUT2D eigenvalue weighted by molar-refractivity contribution is 0.103. The van der Waals surface area contributed by atoms with Crippen LogP contribution in [0.2, 0.25) is 0 Å². The van der Waals surface area contributed by atoms with E-state index < -0.39 is 0 Å². The molecule has 0 aliphatic heterocycles. The fourth-order valence-electron chi connectivity index (χ4n) is 1.83. The summed E-state index contributed by atoms with van der Waals surface area (Å²) < 4.78 is 5.07. The van der Waals surface area contributed by atoms with Gasteiger partial charge in [-0.15, -0.1) is 0 Å². The summed E-state index contributed by atoms with van der Waals surface area (Å²) in [7, 11) is 1.55. The van der Waals surface area contributed by atoms with Gasteiger partial charge in [-0.1, -0.05) is 23.8 Å². The molecule has 0 saturated carbocycles. The Kier molecular flexibility index (Phi) is 3.33. The third-order valence-electron chi connectivity index (χ3n) is 2.77. The number of methoxy groups -OCH3 is 1. The molecule has 0 heterocycles. The van der Waals surface area contributed by atoms with Crippen molar-refractivity contribution in [3.63, 3.8) is 0 Å². The number of ether oxygens (including phenoxy) is 1. The summed E-state index contributed by atoms with van der Waals surface area (Å²) in [5, 5.41) is 0. The predicted molar refractivity (Wildman–Crippen MR) is 72.0 cm³/mol. The smallest absolute Gasteiger partial charge is 0.193 e. The van der Waals surface area contributed by atoms with Gasteiger partial charge in [0, 0.05) is 11.1 Å². The van der Waals surface area contributed by atoms with Crippen LogP contribution in [-0.2, 0) is 0 Å². The number of anilines is 1. The second-order valence-electron chi connectivity index (χ2n) is 4.16. The van der Waals surface area contributed by atoms with E-state index in [-0.39, 0.29) is 5.78 Å². The third-order valence-corrected chi connectivity index (χ3v) is 2.77. The number of benzene rings is 2. The molecule has 0 saturated heterocycles. The van der Waals surface area contributed by atoms with Gasteiger partial charge in [0.1, 0.15) is 5.75 Å². The molecular formula is C15H15NO2. The first-order valence-electron chi connectivity index (χ1n) is 5.66. The van der Waals surface area contributed by atoms with Gasteiger partial charge < -0.3 is 10.5 Å². The summed E-state index contributed by atoms with van der Waals surface area (Å²) in [5.41, 5.74) is 8.56. The molecular weight excluding hydrogens is 226 g/mol. The molecule has 2 rings (SSSR count). The molecule has 0 radical (unpaired) electrons. The molecule has 0 aliphatic rings. The van der Waals surface area contributed by atoms with Gasteiger partial charge in [0.15, 0.2) is 5.78 Å². The number of nitrogens with two attached hydrogens (primary N) is 1. The lowest BCUT2D eigenvalue weighted by Gasteiger charge is -2.07. The van der Waals surface area contributed by atoms with E-state index in [1.807, 2.05) is 25.1 Å². The molecule has 18 heavy (non-hydrogen) atoms. The zero-order valence-electron chi connectivity index (χ0n) is 10.4. The van der Waals surface area contributed by atoms with Crippen LogP contribution in [0, 0.1) is 6.92 Å². The minimum Gasteiger partial charge on any atom is -0.495 e. The second kappa shape index (κ2) is 4.92. The Morgan fingerprint density at radius 3 is 2.44 bits per heavy atom. The van der Waals surface area contributed by atoms with Crippen molar-refractivity contribution in [1.29, 1.82) is 0 Å². The molecule has 0 aromatic heterocycles. The zero-order valence-corrected chi connectivity index (χ0v) is 10.4. The first kappa shape index (κ1) is 12.2. The first-order valence-corrected chi connectivity index (χ1v) is 5.66. The van der Waals surface area contributed by atoms with Crippen molar-refractivity contribution in [2.24, 2.45) is 0 Å². The van der Waals surface area contributed by atoms with Crippen molar-refractivity contribution in [3.8, 4) is 5.75 Å². The van der Waals surface area contributed by atoms with Crippen molar-refractivity contribution in [3.05, 3.63) is 59.2 Å². The number of aryl methyl sites for hydroxylation is 1. The number of nitrogen functional groups attached to an aromatic ring is 1. The number of carbonyl (C=O) groups excluding carboxylic acids is 1. The van der Waals surface area contributed by atoms with E-state index in [0.29, 0.717) is 22.6 Å². The molecule has 0 unspecified atom stereocenters. The summed E-state index contributed by atoms with van der Waals surface area (Å²) in [6.45, 7) is 1.96. The summed E-state index contributed by atoms with van der Waals surface area (Å²) in [6, 6.07) is 12.6. The molecule has 0 bridgehead atoms. The van der Waals surface area contributed by atoms with Crippen molar-refractivity contribution in [1.82, 2.24) is 0 Å². The van der Waals surface area contributed by atoms with Gasteiger partial charge in [-0.3, -0.25) is 4.79 Å².